The molecule has 0 spiro atoms. The molecule has 1 aromatic heterocycles. The van der Waals surface area contributed by atoms with Crippen molar-refractivity contribution in [1.29, 1.82) is 0 Å². The van der Waals surface area contributed by atoms with Gasteiger partial charge in [0.2, 0.25) is 0 Å². The molecule has 4 rings (SSSR count). The van der Waals surface area contributed by atoms with Crippen LogP contribution < -0.4 is 5.32 Å². The fourth-order valence-electron chi connectivity index (χ4n) is 3.95. The summed E-state index contributed by atoms with van der Waals surface area (Å²) in [5.74, 6) is 0.661. The summed E-state index contributed by atoms with van der Waals surface area (Å²) in [6.07, 6.45) is 2.25. The van der Waals surface area contributed by atoms with Gasteiger partial charge in [-0.15, -0.1) is 0 Å². The van der Waals surface area contributed by atoms with Gasteiger partial charge < -0.3 is 24.1 Å². The van der Waals surface area contributed by atoms with Crippen molar-refractivity contribution in [2.24, 2.45) is 5.92 Å². The average Bonchev–Trinajstić information content (AvgIpc) is 3.16. The normalized spacial score (nSPS) is 15.1. The number of rotatable bonds is 9. The molecule has 29 heavy (non-hydrogen) atoms. The first-order valence-electron chi connectivity index (χ1n) is 10.4. The quantitative estimate of drug-likeness (QED) is 0.531. The zero-order valence-electron chi connectivity index (χ0n) is 17.1. The highest BCUT2D eigenvalue weighted by Gasteiger charge is 2.17. The van der Waals surface area contributed by atoms with E-state index in [0.717, 1.165) is 38.3 Å². The van der Waals surface area contributed by atoms with Gasteiger partial charge in [0.15, 0.2) is 0 Å². The molecule has 2 heterocycles. The Morgan fingerprint density at radius 2 is 1.86 bits per heavy atom. The molecule has 0 bridgehead atoms. The van der Waals surface area contributed by atoms with Gasteiger partial charge in [-0.05, 0) is 36.5 Å². The Labute approximate surface area is 172 Å². The topological polar surface area (TPSA) is 44.7 Å². The van der Waals surface area contributed by atoms with Gasteiger partial charge in [0.05, 0.1) is 30.1 Å². The van der Waals surface area contributed by atoms with Gasteiger partial charge in [0.25, 0.3) is 0 Å². The van der Waals surface area contributed by atoms with E-state index in [2.05, 4.69) is 58.4 Å². The Hall–Kier alpha value is -2.34. The molecule has 1 N–H and O–H groups in total. The number of methoxy groups -OCH3 is 1. The molecule has 2 aromatic carbocycles. The van der Waals surface area contributed by atoms with E-state index in [1.54, 1.807) is 7.11 Å². The fraction of sp³-hybridized carbons (Fsp3) is 0.417. The molecule has 1 aliphatic heterocycles. The van der Waals surface area contributed by atoms with Crippen LogP contribution >= 0.6 is 0 Å². The van der Waals surface area contributed by atoms with Gasteiger partial charge in [-0.25, -0.2) is 0 Å². The zero-order chi connectivity index (χ0) is 19.9. The van der Waals surface area contributed by atoms with Crippen LogP contribution in [0.5, 0.6) is 0 Å². The number of aromatic nitrogens is 1. The summed E-state index contributed by atoms with van der Waals surface area (Å²) in [5, 5.41) is 4.93. The molecule has 1 fully saturated rings. The molecule has 1 saturated heterocycles. The number of para-hydroxylation sites is 1. The number of hydrogen-bond donors (Lipinski definition) is 1. The number of hydrogen-bond acceptors (Lipinski definition) is 4. The predicted molar refractivity (Wildman–Crippen MR) is 117 cm³/mol. The Bertz CT molecular complexity index is 901. The first kappa shape index (κ1) is 20.0. The van der Waals surface area contributed by atoms with Crippen LogP contribution in [-0.4, -0.2) is 44.6 Å². The lowest BCUT2D eigenvalue weighted by Gasteiger charge is -2.23. The van der Waals surface area contributed by atoms with Crippen molar-refractivity contribution in [3.8, 4) is 11.3 Å². The minimum Gasteiger partial charge on any atom is -0.383 e. The van der Waals surface area contributed by atoms with Crippen LogP contribution in [0.2, 0.25) is 0 Å². The van der Waals surface area contributed by atoms with E-state index in [1.165, 1.54) is 22.2 Å². The summed E-state index contributed by atoms with van der Waals surface area (Å²) in [6.45, 7) is 4.37. The smallest absolute Gasteiger partial charge is 0.123 e. The minimum atomic E-state index is 0.493. The summed E-state index contributed by atoms with van der Waals surface area (Å²) in [7, 11) is 1.70. The first-order chi connectivity index (χ1) is 14.4. The van der Waals surface area contributed by atoms with Crippen molar-refractivity contribution in [1.82, 2.24) is 4.57 Å². The van der Waals surface area contributed by atoms with Crippen molar-refractivity contribution in [2.45, 2.75) is 19.6 Å². The summed E-state index contributed by atoms with van der Waals surface area (Å²) < 4.78 is 18.8. The second-order valence-corrected chi connectivity index (χ2v) is 7.53. The zero-order valence-corrected chi connectivity index (χ0v) is 17.1. The summed E-state index contributed by atoms with van der Waals surface area (Å²) >= 11 is 0. The highest BCUT2D eigenvalue weighted by atomic mass is 16.5. The maximum Gasteiger partial charge on any atom is 0.123 e. The monoisotopic (exact) mass is 394 g/mol. The number of ether oxygens (including phenoxy) is 3. The number of benzene rings is 2. The van der Waals surface area contributed by atoms with Crippen molar-refractivity contribution in [3.63, 3.8) is 0 Å². The van der Waals surface area contributed by atoms with Gasteiger partial charge in [-0.1, -0.05) is 42.5 Å². The van der Waals surface area contributed by atoms with Crippen LogP contribution in [-0.2, 0) is 20.9 Å². The molecule has 0 amide bonds. The van der Waals surface area contributed by atoms with Crippen LogP contribution in [0.25, 0.3) is 22.2 Å². The first-order valence-corrected chi connectivity index (χ1v) is 10.4. The largest absolute Gasteiger partial charge is 0.383 e. The Balaban J connectivity index is 1.65. The van der Waals surface area contributed by atoms with E-state index in [0.29, 0.717) is 25.9 Å². The molecule has 0 atom stereocenters. The second-order valence-electron chi connectivity index (χ2n) is 7.53. The maximum atomic E-state index is 5.93. The third-order valence-electron chi connectivity index (χ3n) is 5.56. The van der Waals surface area contributed by atoms with E-state index in [-0.39, 0.29) is 0 Å². The summed E-state index contributed by atoms with van der Waals surface area (Å²) in [6, 6.07) is 19.2. The third-order valence-corrected chi connectivity index (χ3v) is 5.56. The Morgan fingerprint density at radius 1 is 1.03 bits per heavy atom. The maximum absolute atomic E-state index is 5.93. The van der Waals surface area contributed by atoms with Crippen LogP contribution in [0.15, 0.2) is 54.6 Å². The standard InChI is InChI=1S/C24H30N2O3/c1-27-14-15-29-18-26-23(20-6-3-2-4-7-20)16-21-8-5-9-22(24(21)26)25-17-19-10-12-28-13-11-19/h2-9,16,19,25H,10-15,17-18H2,1H3. The average molecular weight is 395 g/mol. The molecule has 1 aliphatic rings. The molecule has 0 unspecified atom stereocenters. The van der Waals surface area contributed by atoms with E-state index < -0.39 is 0 Å². The highest BCUT2D eigenvalue weighted by molar-refractivity contribution is 5.95. The molecule has 0 radical (unpaired) electrons. The number of fused-ring (bicyclic) bond motifs is 1. The Morgan fingerprint density at radius 3 is 2.66 bits per heavy atom. The molecular formula is C24H30N2O3. The van der Waals surface area contributed by atoms with Crippen LogP contribution in [0, 0.1) is 5.92 Å². The van der Waals surface area contributed by atoms with E-state index in [9.17, 15) is 0 Å². The van der Waals surface area contributed by atoms with E-state index in [4.69, 9.17) is 14.2 Å². The lowest BCUT2D eigenvalue weighted by atomic mass is 10.0. The molecule has 0 saturated carbocycles. The molecular weight excluding hydrogens is 364 g/mol. The van der Waals surface area contributed by atoms with Gasteiger partial charge in [0, 0.05) is 32.3 Å². The van der Waals surface area contributed by atoms with Crippen molar-refractivity contribution in [2.75, 3.05) is 45.4 Å². The summed E-state index contributed by atoms with van der Waals surface area (Å²) in [5.41, 5.74) is 4.70. The summed E-state index contributed by atoms with van der Waals surface area (Å²) in [4.78, 5) is 0. The van der Waals surface area contributed by atoms with Gasteiger partial charge in [-0.3, -0.25) is 0 Å². The van der Waals surface area contributed by atoms with Crippen molar-refractivity contribution in [3.05, 3.63) is 54.6 Å². The van der Waals surface area contributed by atoms with Crippen LogP contribution in [0.3, 0.4) is 0 Å². The van der Waals surface area contributed by atoms with E-state index in [1.807, 2.05) is 6.07 Å². The van der Waals surface area contributed by atoms with Gasteiger partial charge >= 0.3 is 0 Å². The molecule has 154 valence electrons. The minimum absolute atomic E-state index is 0.493. The van der Waals surface area contributed by atoms with Crippen molar-refractivity contribution >= 4 is 16.6 Å². The van der Waals surface area contributed by atoms with Gasteiger partial charge in [-0.2, -0.15) is 0 Å². The molecule has 3 aromatic rings. The van der Waals surface area contributed by atoms with E-state index >= 15 is 0 Å². The lowest BCUT2D eigenvalue weighted by molar-refractivity contribution is 0.0367. The fourth-order valence-corrected chi connectivity index (χ4v) is 3.95. The highest BCUT2D eigenvalue weighted by Crippen LogP contribution is 2.33. The second kappa shape index (κ2) is 9.92. The van der Waals surface area contributed by atoms with Crippen molar-refractivity contribution < 1.29 is 14.2 Å². The lowest BCUT2D eigenvalue weighted by Crippen LogP contribution is -2.22. The Kier molecular flexibility index (Phi) is 6.83. The molecule has 5 heteroatoms. The SMILES string of the molecule is COCCOCn1c(-c2ccccc2)cc2cccc(NCC3CCOCC3)c21. The molecule has 0 aliphatic carbocycles. The molecule has 5 nitrogen and oxygen atoms in total. The number of nitrogens with one attached hydrogen (secondary N) is 1. The van der Waals surface area contributed by atoms with Crippen LogP contribution in [0.4, 0.5) is 5.69 Å². The predicted octanol–water partition coefficient (Wildman–Crippen LogP) is 4.77. The van der Waals surface area contributed by atoms with Gasteiger partial charge in [0.1, 0.15) is 6.73 Å². The third kappa shape index (κ3) is 4.81. The number of anilines is 1. The van der Waals surface area contributed by atoms with Crippen LogP contribution in [0.1, 0.15) is 12.8 Å². The number of nitrogens with zero attached hydrogens (tertiary/aromatic N) is 1.